The van der Waals surface area contributed by atoms with Crippen LogP contribution in [0.15, 0.2) is 22.7 Å². The van der Waals surface area contributed by atoms with Gasteiger partial charge in [-0.05, 0) is 24.6 Å². The molecule has 1 aromatic carbocycles. The van der Waals surface area contributed by atoms with Crippen molar-refractivity contribution in [3.05, 3.63) is 28.5 Å². The van der Waals surface area contributed by atoms with Crippen LogP contribution >= 0.6 is 15.9 Å². The Morgan fingerprint density at radius 2 is 2.22 bits per heavy atom. The maximum Gasteiger partial charge on any atom is 0.322 e. The molecular weight excluding hydrogens is 303 g/mol. The van der Waals surface area contributed by atoms with Crippen LogP contribution in [0.1, 0.15) is 13.3 Å². The number of urea groups is 1. The average Bonchev–Trinajstić information content (AvgIpc) is 2.33. The molecule has 0 spiro atoms. The van der Waals surface area contributed by atoms with E-state index in [0.717, 1.165) is 6.42 Å². The van der Waals surface area contributed by atoms with Crippen molar-refractivity contribution in [3.8, 4) is 0 Å². The van der Waals surface area contributed by atoms with Gasteiger partial charge in [0.1, 0.15) is 5.82 Å². The van der Waals surface area contributed by atoms with Crippen LogP contribution in [0.25, 0.3) is 0 Å². The zero-order chi connectivity index (χ0) is 13.5. The summed E-state index contributed by atoms with van der Waals surface area (Å²) in [5.41, 5.74) is 0.119. The number of nitrogens with zero attached hydrogens (tertiary/aromatic N) is 1. The minimum atomic E-state index is -0.494. The van der Waals surface area contributed by atoms with Crippen molar-refractivity contribution in [2.75, 3.05) is 25.0 Å². The number of hydrogen-bond donors (Lipinski definition) is 2. The molecule has 0 bridgehead atoms. The molecule has 0 radical (unpaired) electrons. The van der Waals surface area contributed by atoms with Gasteiger partial charge in [-0.15, -0.1) is 0 Å². The first-order valence-corrected chi connectivity index (χ1v) is 6.49. The van der Waals surface area contributed by atoms with E-state index in [9.17, 15) is 9.18 Å². The zero-order valence-electron chi connectivity index (χ0n) is 10.1. The molecule has 0 fully saturated rings. The largest absolute Gasteiger partial charge is 0.395 e. The van der Waals surface area contributed by atoms with Crippen molar-refractivity contribution in [1.82, 2.24) is 4.90 Å². The van der Waals surface area contributed by atoms with Crippen LogP contribution in [0, 0.1) is 5.82 Å². The van der Waals surface area contributed by atoms with Crippen LogP contribution < -0.4 is 5.32 Å². The van der Waals surface area contributed by atoms with Crippen molar-refractivity contribution in [2.45, 2.75) is 13.3 Å². The number of rotatable bonds is 5. The summed E-state index contributed by atoms with van der Waals surface area (Å²) < 4.78 is 14.1. The van der Waals surface area contributed by atoms with Gasteiger partial charge in [0.2, 0.25) is 0 Å². The molecule has 4 nitrogen and oxygen atoms in total. The number of hydrogen-bond acceptors (Lipinski definition) is 2. The van der Waals surface area contributed by atoms with E-state index >= 15 is 0 Å². The molecule has 0 saturated carbocycles. The van der Waals surface area contributed by atoms with Crippen LogP contribution in [0.5, 0.6) is 0 Å². The summed E-state index contributed by atoms with van der Waals surface area (Å²) in [6, 6.07) is 3.91. The molecule has 1 aromatic rings. The number of halogens is 2. The van der Waals surface area contributed by atoms with E-state index in [1.807, 2.05) is 6.92 Å². The Balaban J connectivity index is 2.75. The van der Waals surface area contributed by atoms with Gasteiger partial charge in [-0.1, -0.05) is 22.9 Å². The second-order valence-electron chi connectivity index (χ2n) is 3.76. The molecule has 0 heterocycles. The number of carbonyl (C=O) groups excluding carboxylic acids is 1. The van der Waals surface area contributed by atoms with Crippen LogP contribution in [-0.4, -0.2) is 35.7 Å². The second-order valence-corrected chi connectivity index (χ2v) is 4.68. The molecule has 0 aromatic heterocycles. The minimum Gasteiger partial charge on any atom is -0.395 e. The highest BCUT2D eigenvalue weighted by molar-refractivity contribution is 9.10. The predicted octanol–water partition coefficient (Wildman–Crippen LogP) is 2.82. The maximum atomic E-state index is 13.5. The molecule has 18 heavy (non-hydrogen) atoms. The first-order chi connectivity index (χ1) is 8.58. The van der Waals surface area contributed by atoms with Gasteiger partial charge in [-0.25, -0.2) is 9.18 Å². The Kier molecular flexibility index (Phi) is 6.07. The van der Waals surface area contributed by atoms with Gasteiger partial charge in [0, 0.05) is 17.6 Å². The molecular formula is C12H16BrFN2O2. The van der Waals surface area contributed by atoms with E-state index in [-0.39, 0.29) is 18.8 Å². The Labute approximate surface area is 114 Å². The monoisotopic (exact) mass is 318 g/mol. The number of benzene rings is 1. The molecule has 0 saturated heterocycles. The summed E-state index contributed by atoms with van der Waals surface area (Å²) in [6.45, 7) is 2.56. The third-order valence-electron chi connectivity index (χ3n) is 2.32. The van der Waals surface area contributed by atoms with E-state index in [4.69, 9.17) is 5.11 Å². The van der Waals surface area contributed by atoms with Crippen LogP contribution in [0.3, 0.4) is 0 Å². The summed E-state index contributed by atoms with van der Waals surface area (Å²) >= 11 is 3.21. The molecule has 100 valence electrons. The number of nitrogens with one attached hydrogen (secondary N) is 1. The first-order valence-electron chi connectivity index (χ1n) is 5.70. The summed E-state index contributed by atoms with van der Waals surface area (Å²) in [4.78, 5) is 13.3. The lowest BCUT2D eigenvalue weighted by Gasteiger charge is -2.21. The van der Waals surface area contributed by atoms with Crippen molar-refractivity contribution >= 4 is 27.6 Å². The number of aliphatic hydroxyl groups excluding tert-OH is 1. The third kappa shape index (κ3) is 4.27. The van der Waals surface area contributed by atoms with Gasteiger partial charge in [0.25, 0.3) is 0 Å². The molecule has 0 aliphatic heterocycles. The molecule has 2 amide bonds. The summed E-state index contributed by atoms with van der Waals surface area (Å²) in [5, 5.41) is 11.4. The van der Waals surface area contributed by atoms with Crippen molar-refractivity contribution in [2.24, 2.45) is 0 Å². The Morgan fingerprint density at radius 1 is 1.50 bits per heavy atom. The van der Waals surface area contributed by atoms with E-state index in [1.54, 1.807) is 6.07 Å². The van der Waals surface area contributed by atoms with Crippen molar-refractivity contribution in [3.63, 3.8) is 0 Å². The van der Waals surface area contributed by atoms with Gasteiger partial charge in [0.05, 0.1) is 12.3 Å². The molecule has 0 atom stereocenters. The zero-order valence-corrected chi connectivity index (χ0v) is 11.7. The smallest absolute Gasteiger partial charge is 0.322 e. The molecule has 0 aliphatic carbocycles. The van der Waals surface area contributed by atoms with Gasteiger partial charge in [0.15, 0.2) is 0 Å². The van der Waals surface area contributed by atoms with Crippen molar-refractivity contribution in [1.29, 1.82) is 0 Å². The number of anilines is 1. The lowest BCUT2D eigenvalue weighted by Crippen LogP contribution is -2.37. The minimum absolute atomic E-state index is 0.117. The lowest BCUT2D eigenvalue weighted by atomic mass is 10.3. The van der Waals surface area contributed by atoms with E-state index in [0.29, 0.717) is 11.0 Å². The van der Waals surface area contributed by atoms with E-state index in [2.05, 4.69) is 21.2 Å². The number of amides is 2. The first kappa shape index (κ1) is 14.9. The summed E-state index contributed by atoms with van der Waals surface area (Å²) in [5.74, 6) is -0.494. The third-order valence-corrected chi connectivity index (χ3v) is 2.81. The highest BCUT2D eigenvalue weighted by Crippen LogP contribution is 2.20. The Bertz CT molecular complexity index is 409. The molecule has 0 aliphatic rings. The molecule has 2 N–H and O–H groups in total. The van der Waals surface area contributed by atoms with Crippen LogP contribution in [-0.2, 0) is 0 Å². The van der Waals surface area contributed by atoms with Gasteiger partial charge >= 0.3 is 6.03 Å². The number of aliphatic hydroxyl groups is 1. The Morgan fingerprint density at radius 3 is 2.83 bits per heavy atom. The normalized spacial score (nSPS) is 10.2. The summed E-state index contributed by atoms with van der Waals surface area (Å²) in [7, 11) is 0. The highest BCUT2D eigenvalue weighted by Gasteiger charge is 2.14. The van der Waals surface area contributed by atoms with E-state index in [1.165, 1.54) is 17.0 Å². The highest BCUT2D eigenvalue weighted by atomic mass is 79.9. The molecule has 6 heteroatoms. The standard InChI is InChI=1S/C12H16BrFN2O2/c1-2-5-16(6-7-17)12(18)15-11-8-9(13)3-4-10(11)14/h3-4,8,17H,2,5-7H2,1H3,(H,15,18). The fourth-order valence-electron chi connectivity index (χ4n) is 1.49. The SMILES string of the molecule is CCCN(CCO)C(=O)Nc1cc(Br)ccc1F. The fraction of sp³-hybridized carbons (Fsp3) is 0.417. The van der Waals surface area contributed by atoms with Crippen LogP contribution in [0.4, 0.5) is 14.9 Å². The van der Waals surface area contributed by atoms with E-state index < -0.39 is 11.8 Å². The van der Waals surface area contributed by atoms with Gasteiger partial charge < -0.3 is 15.3 Å². The van der Waals surface area contributed by atoms with Crippen molar-refractivity contribution < 1.29 is 14.3 Å². The maximum absolute atomic E-state index is 13.5. The predicted molar refractivity (Wildman–Crippen MR) is 72.1 cm³/mol. The lowest BCUT2D eigenvalue weighted by molar-refractivity contribution is 0.188. The van der Waals surface area contributed by atoms with Crippen LogP contribution in [0.2, 0.25) is 0 Å². The van der Waals surface area contributed by atoms with Gasteiger partial charge in [-0.2, -0.15) is 0 Å². The van der Waals surface area contributed by atoms with Gasteiger partial charge in [-0.3, -0.25) is 0 Å². The fourth-order valence-corrected chi connectivity index (χ4v) is 1.85. The molecule has 0 unspecified atom stereocenters. The number of carbonyl (C=O) groups is 1. The molecule has 1 rings (SSSR count). The second kappa shape index (κ2) is 7.33. The average molecular weight is 319 g/mol. The summed E-state index contributed by atoms with van der Waals surface area (Å²) in [6.07, 6.45) is 0.772. The Hall–Kier alpha value is -1.14. The quantitative estimate of drug-likeness (QED) is 0.877. The topological polar surface area (TPSA) is 52.6 Å².